The summed E-state index contributed by atoms with van der Waals surface area (Å²) in [7, 11) is 0. The van der Waals surface area contributed by atoms with Crippen LogP contribution in [0.2, 0.25) is 0 Å². The van der Waals surface area contributed by atoms with Crippen LogP contribution in [0.3, 0.4) is 0 Å². The number of fused-ring (bicyclic) bond motifs is 2. The number of carbonyl (C=O) groups excluding carboxylic acids is 1. The van der Waals surface area contributed by atoms with Crippen molar-refractivity contribution in [3.8, 4) is 0 Å². The number of halogens is 3. The molecular weight excluding hydrogens is 323 g/mol. The molecule has 0 unspecified atom stereocenters. The molecule has 2 fully saturated rings. The lowest BCUT2D eigenvalue weighted by molar-refractivity contribution is -0.137. The number of ether oxygens (including phenoxy) is 1. The Morgan fingerprint density at radius 1 is 1.29 bits per heavy atom. The van der Waals surface area contributed by atoms with Crippen molar-refractivity contribution in [1.82, 2.24) is 10.3 Å². The molecule has 2 saturated heterocycles. The van der Waals surface area contributed by atoms with E-state index in [0.717, 1.165) is 31.5 Å². The topological polar surface area (TPSA) is 63.2 Å². The van der Waals surface area contributed by atoms with Crippen molar-refractivity contribution in [2.75, 3.05) is 18.4 Å². The standard InChI is InChI=1S/C16H20F3N3O2/c17-16(18,19)10-2-5-14(22-9-10)20-6-1-7-21-15(23)12-8-11-3-4-13(12)24-11/h2,5,9,11-13H,1,3-4,6-8H2,(H,20,22)(H,21,23)/t11-,12-,13-/m1/s1. The Bertz CT molecular complexity index is 577. The van der Waals surface area contributed by atoms with Gasteiger partial charge in [0.1, 0.15) is 5.82 Å². The lowest BCUT2D eigenvalue weighted by Crippen LogP contribution is -2.36. The molecule has 132 valence electrons. The van der Waals surface area contributed by atoms with Crippen LogP contribution in [-0.2, 0) is 15.7 Å². The summed E-state index contributed by atoms with van der Waals surface area (Å²) in [6, 6.07) is 2.29. The van der Waals surface area contributed by atoms with E-state index in [1.807, 2.05) is 0 Å². The van der Waals surface area contributed by atoms with Gasteiger partial charge in [-0.05, 0) is 37.8 Å². The van der Waals surface area contributed by atoms with Gasteiger partial charge in [0.15, 0.2) is 0 Å². The van der Waals surface area contributed by atoms with Gasteiger partial charge < -0.3 is 15.4 Å². The highest BCUT2D eigenvalue weighted by Gasteiger charge is 2.44. The highest BCUT2D eigenvalue weighted by atomic mass is 19.4. The first-order chi connectivity index (χ1) is 11.4. The average molecular weight is 343 g/mol. The van der Waals surface area contributed by atoms with Gasteiger partial charge in [0.25, 0.3) is 0 Å². The molecule has 2 aliphatic rings. The van der Waals surface area contributed by atoms with Crippen LogP contribution in [0.15, 0.2) is 18.3 Å². The van der Waals surface area contributed by atoms with E-state index in [0.29, 0.717) is 25.3 Å². The lowest BCUT2D eigenvalue weighted by Gasteiger charge is -2.18. The number of anilines is 1. The third-order valence-corrected chi connectivity index (χ3v) is 4.49. The Hall–Kier alpha value is -1.83. The normalized spacial score (nSPS) is 25.7. The number of hydrogen-bond donors (Lipinski definition) is 2. The fourth-order valence-corrected chi connectivity index (χ4v) is 3.23. The molecule has 2 bridgehead atoms. The molecule has 3 atom stereocenters. The molecule has 0 saturated carbocycles. The molecule has 0 aromatic carbocycles. The average Bonchev–Trinajstić information content (AvgIpc) is 3.17. The van der Waals surface area contributed by atoms with Crippen LogP contribution < -0.4 is 10.6 Å². The Kier molecular flexibility index (Phi) is 4.93. The van der Waals surface area contributed by atoms with E-state index in [-0.39, 0.29) is 24.0 Å². The molecule has 8 heteroatoms. The minimum absolute atomic E-state index is 0.0340. The Morgan fingerprint density at radius 3 is 2.71 bits per heavy atom. The van der Waals surface area contributed by atoms with Gasteiger partial charge in [0, 0.05) is 19.3 Å². The van der Waals surface area contributed by atoms with E-state index in [9.17, 15) is 18.0 Å². The van der Waals surface area contributed by atoms with Gasteiger partial charge >= 0.3 is 6.18 Å². The number of pyridine rings is 1. The molecule has 24 heavy (non-hydrogen) atoms. The van der Waals surface area contributed by atoms with Gasteiger partial charge in [0.2, 0.25) is 5.91 Å². The van der Waals surface area contributed by atoms with Crippen LogP contribution in [0, 0.1) is 5.92 Å². The maximum atomic E-state index is 12.4. The van der Waals surface area contributed by atoms with Crippen LogP contribution in [0.5, 0.6) is 0 Å². The maximum absolute atomic E-state index is 12.4. The Morgan fingerprint density at radius 2 is 2.12 bits per heavy atom. The second kappa shape index (κ2) is 6.96. The third-order valence-electron chi connectivity index (χ3n) is 4.49. The first-order valence-electron chi connectivity index (χ1n) is 8.14. The second-order valence-electron chi connectivity index (χ2n) is 6.22. The number of rotatable bonds is 6. The van der Waals surface area contributed by atoms with Gasteiger partial charge in [-0.1, -0.05) is 0 Å². The minimum Gasteiger partial charge on any atom is -0.374 e. The molecule has 5 nitrogen and oxygen atoms in total. The molecule has 0 spiro atoms. The van der Waals surface area contributed by atoms with E-state index < -0.39 is 11.7 Å². The summed E-state index contributed by atoms with van der Waals surface area (Å²) in [6.45, 7) is 1.03. The Balaban J connectivity index is 1.33. The molecule has 0 aliphatic carbocycles. The van der Waals surface area contributed by atoms with Crippen LogP contribution in [0.4, 0.5) is 19.0 Å². The van der Waals surface area contributed by atoms with E-state index >= 15 is 0 Å². The van der Waals surface area contributed by atoms with Crippen molar-refractivity contribution in [1.29, 1.82) is 0 Å². The zero-order valence-corrected chi connectivity index (χ0v) is 13.1. The van der Waals surface area contributed by atoms with Gasteiger partial charge in [0.05, 0.1) is 23.7 Å². The molecule has 1 amide bonds. The summed E-state index contributed by atoms with van der Waals surface area (Å²) in [6.07, 6.45) is 0.240. The van der Waals surface area contributed by atoms with Crippen molar-refractivity contribution < 1.29 is 22.7 Å². The minimum atomic E-state index is -4.38. The number of alkyl halides is 3. The first kappa shape index (κ1) is 17.0. The van der Waals surface area contributed by atoms with Gasteiger partial charge in [-0.2, -0.15) is 13.2 Å². The summed E-state index contributed by atoms with van der Waals surface area (Å²) in [5.41, 5.74) is -0.770. The largest absolute Gasteiger partial charge is 0.417 e. The molecule has 2 N–H and O–H groups in total. The number of carbonyl (C=O) groups is 1. The summed E-state index contributed by atoms with van der Waals surface area (Å²) in [4.78, 5) is 15.8. The molecule has 1 aromatic heterocycles. The van der Waals surface area contributed by atoms with E-state index in [4.69, 9.17) is 4.74 Å². The van der Waals surface area contributed by atoms with E-state index in [1.54, 1.807) is 0 Å². The second-order valence-corrected chi connectivity index (χ2v) is 6.22. The predicted octanol–water partition coefficient (Wildman–Crippen LogP) is 2.59. The van der Waals surface area contributed by atoms with E-state index in [2.05, 4.69) is 15.6 Å². The van der Waals surface area contributed by atoms with Crippen molar-refractivity contribution in [3.63, 3.8) is 0 Å². The monoisotopic (exact) mass is 343 g/mol. The third kappa shape index (κ3) is 3.98. The number of nitrogens with zero attached hydrogens (tertiary/aromatic N) is 1. The summed E-state index contributed by atoms with van der Waals surface area (Å²) >= 11 is 0. The number of aromatic nitrogens is 1. The zero-order valence-electron chi connectivity index (χ0n) is 13.1. The molecule has 1 aromatic rings. The van der Waals surface area contributed by atoms with Crippen molar-refractivity contribution in [2.24, 2.45) is 5.92 Å². The smallest absolute Gasteiger partial charge is 0.374 e. The lowest BCUT2D eigenvalue weighted by atomic mass is 9.88. The molecule has 0 radical (unpaired) electrons. The summed E-state index contributed by atoms with van der Waals surface area (Å²) in [5.74, 6) is 0.388. The van der Waals surface area contributed by atoms with Gasteiger partial charge in [-0.3, -0.25) is 4.79 Å². The van der Waals surface area contributed by atoms with Crippen molar-refractivity contribution >= 4 is 11.7 Å². The number of hydrogen-bond acceptors (Lipinski definition) is 4. The van der Waals surface area contributed by atoms with Crippen LogP contribution in [0.25, 0.3) is 0 Å². The molecule has 3 heterocycles. The SMILES string of the molecule is O=C(NCCCNc1ccc(C(F)(F)F)cn1)[C@@H]1C[C@H]2CC[C@H]1O2. The fourth-order valence-electron chi connectivity index (χ4n) is 3.23. The summed E-state index contributed by atoms with van der Waals surface area (Å²) in [5, 5.41) is 5.84. The predicted molar refractivity (Wildman–Crippen MR) is 81.4 cm³/mol. The highest BCUT2D eigenvalue weighted by Crippen LogP contribution is 2.38. The van der Waals surface area contributed by atoms with Gasteiger partial charge in [-0.25, -0.2) is 4.98 Å². The quantitative estimate of drug-likeness (QED) is 0.780. The van der Waals surface area contributed by atoms with Gasteiger partial charge in [-0.15, -0.1) is 0 Å². The molecule has 3 rings (SSSR count). The van der Waals surface area contributed by atoms with Crippen molar-refractivity contribution in [3.05, 3.63) is 23.9 Å². The van der Waals surface area contributed by atoms with Crippen LogP contribution >= 0.6 is 0 Å². The highest BCUT2D eigenvalue weighted by molar-refractivity contribution is 5.79. The molecule has 2 aliphatic heterocycles. The number of nitrogens with one attached hydrogen (secondary N) is 2. The molecular formula is C16H20F3N3O2. The summed E-state index contributed by atoms with van der Waals surface area (Å²) < 4.78 is 42.9. The zero-order chi connectivity index (χ0) is 17.2. The van der Waals surface area contributed by atoms with E-state index in [1.165, 1.54) is 6.07 Å². The van der Waals surface area contributed by atoms with Crippen molar-refractivity contribution in [2.45, 2.75) is 44.1 Å². The maximum Gasteiger partial charge on any atom is 0.417 e. The first-order valence-corrected chi connectivity index (χ1v) is 8.14. The fraction of sp³-hybridized carbons (Fsp3) is 0.625. The Labute approximate surface area is 138 Å². The van der Waals surface area contributed by atoms with Crippen LogP contribution in [-0.4, -0.2) is 36.2 Å². The number of amides is 1. The van der Waals surface area contributed by atoms with Crippen LogP contribution in [0.1, 0.15) is 31.2 Å².